The van der Waals surface area contributed by atoms with Gasteiger partial charge in [0.25, 0.3) is 0 Å². The predicted molar refractivity (Wildman–Crippen MR) is 39.7 cm³/mol. The highest BCUT2D eigenvalue weighted by Crippen LogP contribution is 2.33. The number of fused-ring (bicyclic) bond motifs is 1. The average Bonchev–Trinajstić information content (AvgIpc) is 2.41. The van der Waals surface area contributed by atoms with Gasteiger partial charge in [-0.3, -0.25) is 5.10 Å². The quantitative estimate of drug-likeness (QED) is 0.561. The molecule has 3 N–H and O–H groups in total. The summed E-state index contributed by atoms with van der Waals surface area (Å²) in [5.41, 5.74) is 8.10. The summed E-state index contributed by atoms with van der Waals surface area (Å²) in [6.07, 6.45) is 2.31. The van der Waals surface area contributed by atoms with Gasteiger partial charge in [0, 0.05) is 11.3 Å². The van der Waals surface area contributed by atoms with Crippen LogP contribution in [-0.2, 0) is 6.42 Å². The Morgan fingerprint density at radius 1 is 1.70 bits per heavy atom. The second kappa shape index (κ2) is 1.75. The third-order valence-corrected chi connectivity index (χ3v) is 2.25. The normalized spacial score (nSPS) is 23.1. The van der Waals surface area contributed by atoms with Crippen molar-refractivity contribution in [3.05, 3.63) is 11.3 Å². The fourth-order valence-corrected chi connectivity index (χ4v) is 1.57. The molecule has 1 heterocycles. The number of nitrogen functional groups attached to an aromatic ring is 1. The van der Waals surface area contributed by atoms with E-state index in [1.54, 1.807) is 0 Å². The van der Waals surface area contributed by atoms with Gasteiger partial charge in [-0.25, -0.2) is 0 Å². The summed E-state index contributed by atoms with van der Waals surface area (Å²) in [6.45, 7) is 2.20. The highest BCUT2D eigenvalue weighted by molar-refractivity contribution is 5.45. The fourth-order valence-electron chi connectivity index (χ4n) is 1.57. The maximum absolute atomic E-state index is 5.61. The molecule has 0 spiro atoms. The van der Waals surface area contributed by atoms with Crippen LogP contribution in [0.3, 0.4) is 0 Å². The smallest absolute Gasteiger partial charge is 0.148 e. The fraction of sp³-hybridized carbons (Fsp3) is 0.571. The Bertz CT molecular complexity index is 251. The number of anilines is 1. The van der Waals surface area contributed by atoms with E-state index in [0.717, 1.165) is 6.42 Å². The van der Waals surface area contributed by atoms with E-state index >= 15 is 0 Å². The Morgan fingerprint density at radius 2 is 2.50 bits per heavy atom. The van der Waals surface area contributed by atoms with Gasteiger partial charge in [0.05, 0.1) is 0 Å². The molecule has 1 aliphatic carbocycles. The van der Waals surface area contributed by atoms with Crippen molar-refractivity contribution >= 4 is 5.82 Å². The first-order valence-corrected chi connectivity index (χ1v) is 3.61. The number of aromatic amines is 1. The minimum atomic E-state index is 0.625. The third-order valence-electron chi connectivity index (χ3n) is 2.25. The lowest BCUT2D eigenvalue weighted by Crippen LogP contribution is -1.89. The van der Waals surface area contributed by atoms with Gasteiger partial charge in [-0.15, -0.1) is 0 Å². The molecular weight excluding hydrogens is 126 g/mol. The number of hydrogen-bond acceptors (Lipinski definition) is 2. The van der Waals surface area contributed by atoms with Crippen molar-refractivity contribution in [1.82, 2.24) is 10.2 Å². The molecule has 0 unspecified atom stereocenters. The molecule has 0 saturated heterocycles. The van der Waals surface area contributed by atoms with Crippen molar-refractivity contribution < 1.29 is 0 Å². The SMILES string of the molecule is C[C@H]1CCc2c(N)n[nH]c21. The molecule has 3 heteroatoms. The van der Waals surface area contributed by atoms with E-state index in [1.165, 1.54) is 17.7 Å². The first-order valence-electron chi connectivity index (χ1n) is 3.61. The first-order chi connectivity index (χ1) is 4.79. The zero-order valence-electron chi connectivity index (χ0n) is 6.02. The van der Waals surface area contributed by atoms with Gasteiger partial charge in [0.2, 0.25) is 0 Å². The molecule has 1 aromatic heterocycles. The van der Waals surface area contributed by atoms with Gasteiger partial charge >= 0.3 is 0 Å². The summed E-state index contributed by atoms with van der Waals surface area (Å²) in [6, 6.07) is 0. The van der Waals surface area contributed by atoms with Crippen LogP contribution in [0, 0.1) is 0 Å². The number of nitrogens with one attached hydrogen (secondary N) is 1. The second-order valence-electron chi connectivity index (χ2n) is 2.94. The van der Waals surface area contributed by atoms with Crippen molar-refractivity contribution in [2.45, 2.75) is 25.7 Å². The molecule has 0 amide bonds. The summed E-state index contributed by atoms with van der Waals surface area (Å²) < 4.78 is 0. The van der Waals surface area contributed by atoms with Crippen LogP contribution in [0.15, 0.2) is 0 Å². The molecule has 0 fully saturated rings. The molecule has 0 bridgehead atoms. The van der Waals surface area contributed by atoms with Crippen LogP contribution < -0.4 is 5.73 Å². The number of H-pyrrole nitrogens is 1. The van der Waals surface area contributed by atoms with Crippen LogP contribution in [0.2, 0.25) is 0 Å². The topological polar surface area (TPSA) is 54.7 Å². The first kappa shape index (κ1) is 5.77. The van der Waals surface area contributed by atoms with Crippen molar-refractivity contribution in [1.29, 1.82) is 0 Å². The van der Waals surface area contributed by atoms with Crippen molar-refractivity contribution in [2.24, 2.45) is 0 Å². The van der Waals surface area contributed by atoms with Crippen molar-refractivity contribution in [3.63, 3.8) is 0 Å². The molecule has 0 radical (unpaired) electrons. The summed E-state index contributed by atoms with van der Waals surface area (Å²) in [7, 11) is 0. The molecule has 10 heavy (non-hydrogen) atoms. The monoisotopic (exact) mass is 137 g/mol. The summed E-state index contributed by atoms with van der Waals surface area (Å²) in [5.74, 6) is 1.32. The Hall–Kier alpha value is -0.990. The van der Waals surface area contributed by atoms with Gasteiger partial charge in [-0.1, -0.05) is 6.92 Å². The molecule has 1 atom stereocenters. The van der Waals surface area contributed by atoms with Crippen molar-refractivity contribution in [2.75, 3.05) is 5.73 Å². The standard InChI is InChI=1S/C7H11N3/c1-4-2-3-5-6(4)9-10-7(5)8/h4H,2-3H2,1H3,(H3,8,9,10)/t4-/m0/s1. The van der Waals surface area contributed by atoms with Gasteiger partial charge in [-0.05, 0) is 18.8 Å². The van der Waals surface area contributed by atoms with Gasteiger partial charge < -0.3 is 5.73 Å². The number of nitrogens with two attached hydrogens (primary N) is 1. The van der Waals surface area contributed by atoms with E-state index in [2.05, 4.69) is 17.1 Å². The maximum Gasteiger partial charge on any atom is 0.148 e. The summed E-state index contributed by atoms with van der Waals surface area (Å²) in [4.78, 5) is 0. The van der Waals surface area contributed by atoms with Gasteiger partial charge in [0.1, 0.15) is 5.82 Å². The minimum absolute atomic E-state index is 0.625. The molecule has 1 aliphatic rings. The van der Waals surface area contributed by atoms with E-state index in [-0.39, 0.29) is 0 Å². The average molecular weight is 137 g/mol. The molecule has 2 rings (SSSR count). The number of rotatable bonds is 0. The van der Waals surface area contributed by atoms with E-state index < -0.39 is 0 Å². The Kier molecular flexibility index (Phi) is 1.01. The van der Waals surface area contributed by atoms with Crippen LogP contribution in [0.1, 0.15) is 30.5 Å². The lowest BCUT2D eigenvalue weighted by molar-refractivity contribution is 0.716. The maximum atomic E-state index is 5.61. The molecule has 0 aliphatic heterocycles. The summed E-state index contributed by atoms with van der Waals surface area (Å²) >= 11 is 0. The van der Waals surface area contributed by atoms with E-state index in [9.17, 15) is 0 Å². The van der Waals surface area contributed by atoms with Crippen molar-refractivity contribution in [3.8, 4) is 0 Å². The largest absolute Gasteiger partial charge is 0.382 e. The number of hydrogen-bond donors (Lipinski definition) is 2. The van der Waals surface area contributed by atoms with Crippen LogP contribution >= 0.6 is 0 Å². The Labute approximate surface area is 59.6 Å². The van der Waals surface area contributed by atoms with E-state index in [4.69, 9.17) is 5.73 Å². The Morgan fingerprint density at radius 3 is 3.20 bits per heavy atom. The van der Waals surface area contributed by atoms with Gasteiger partial charge in [0.15, 0.2) is 0 Å². The number of nitrogens with zero attached hydrogens (tertiary/aromatic N) is 1. The van der Waals surface area contributed by atoms with Crippen LogP contribution in [0.4, 0.5) is 5.82 Å². The Balaban J connectivity index is 2.53. The van der Waals surface area contributed by atoms with Crippen LogP contribution in [0.5, 0.6) is 0 Å². The highest BCUT2D eigenvalue weighted by Gasteiger charge is 2.22. The number of aromatic nitrogens is 2. The zero-order valence-corrected chi connectivity index (χ0v) is 6.02. The second-order valence-corrected chi connectivity index (χ2v) is 2.94. The zero-order chi connectivity index (χ0) is 7.14. The third kappa shape index (κ3) is 0.574. The summed E-state index contributed by atoms with van der Waals surface area (Å²) in [5, 5.41) is 6.90. The predicted octanol–water partition coefficient (Wildman–Crippen LogP) is 1.04. The molecular formula is C7H11N3. The molecule has 3 nitrogen and oxygen atoms in total. The van der Waals surface area contributed by atoms with E-state index in [0.29, 0.717) is 11.7 Å². The molecule has 0 saturated carbocycles. The minimum Gasteiger partial charge on any atom is -0.382 e. The van der Waals surface area contributed by atoms with Crippen LogP contribution in [-0.4, -0.2) is 10.2 Å². The molecule has 1 aromatic rings. The van der Waals surface area contributed by atoms with E-state index in [1.807, 2.05) is 0 Å². The molecule has 0 aromatic carbocycles. The van der Waals surface area contributed by atoms with Crippen LogP contribution in [0.25, 0.3) is 0 Å². The molecule has 54 valence electrons. The lowest BCUT2D eigenvalue weighted by atomic mass is 10.1. The highest BCUT2D eigenvalue weighted by atomic mass is 15.2. The lowest BCUT2D eigenvalue weighted by Gasteiger charge is -1.95. The van der Waals surface area contributed by atoms with Gasteiger partial charge in [-0.2, -0.15) is 5.10 Å².